The van der Waals surface area contributed by atoms with Gasteiger partial charge in [0.05, 0.1) is 17.9 Å². The summed E-state index contributed by atoms with van der Waals surface area (Å²) in [5, 5.41) is 13.8. The summed E-state index contributed by atoms with van der Waals surface area (Å²) in [6, 6.07) is 7.85. The topological polar surface area (TPSA) is 83.5 Å². The zero-order valence-corrected chi connectivity index (χ0v) is 17.5. The zero-order chi connectivity index (χ0) is 20.8. The molecule has 8 heteroatoms. The number of benzene rings is 1. The van der Waals surface area contributed by atoms with Crippen LogP contribution in [0.2, 0.25) is 0 Å². The lowest BCUT2D eigenvalue weighted by Crippen LogP contribution is -2.40. The van der Waals surface area contributed by atoms with Crippen LogP contribution in [0.25, 0.3) is 0 Å². The van der Waals surface area contributed by atoms with E-state index in [0.717, 1.165) is 42.9 Å². The molecule has 0 radical (unpaired) electrons. The fourth-order valence-corrected chi connectivity index (χ4v) is 3.26. The molecule has 2 aliphatic rings. The van der Waals surface area contributed by atoms with Crippen molar-refractivity contribution in [2.75, 3.05) is 24.6 Å². The highest BCUT2D eigenvalue weighted by molar-refractivity contribution is 6.29. The molecule has 0 saturated carbocycles. The molecule has 1 fully saturated rings. The maximum absolute atomic E-state index is 12.2. The van der Waals surface area contributed by atoms with Gasteiger partial charge in [0, 0.05) is 35.5 Å². The van der Waals surface area contributed by atoms with Gasteiger partial charge in [-0.1, -0.05) is 17.7 Å². The monoisotopic (exact) mass is 414 g/mol. The van der Waals surface area contributed by atoms with E-state index in [1.165, 1.54) is 0 Å². The summed E-state index contributed by atoms with van der Waals surface area (Å²) in [6.07, 6.45) is 7.51. The maximum atomic E-state index is 12.2. The molecule has 3 rings (SSSR count). The Bertz CT molecular complexity index is 848. The SMILES string of the molecule is C/C(Cl)=C\C=C(/C)C(=O)NCC1=CNNN1c1ccc(C(=N)N2CCCC2)cc1. The van der Waals surface area contributed by atoms with Crippen molar-refractivity contribution in [1.29, 1.82) is 5.41 Å². The molecule has 0 aromatic heterocycles. The number of halogens is 1. The summed E-state index contributed by atoms with van der Waals surface area (Å²) >= 11 is 5.80. The third-order valence-electron chi connectivity index (χ3n) is 4.87. The molecule has 0 spiro atoms. The van der Waals surface area contributed by atoms with Crippen molar-refractivity contribution in [3.8, 4) is 0 Å². The van der Waals surface area contributed by atoms with Crippen LogP contribution < -0.4 is 21.3 Å². The fraction of sp³-hybridized carbons (Fsp3) is 0.333. The second-order valence-electron chi connectivity index (χ2n) is 7.10. The number of nitrogens with zero attached hydrogens (tertiary/aromatic N) is 2. The lowest BCUT2D eigenvalue weighted by atomic mass is 10.1. The van der Waals surface area contributed by atoms with Crippen molar-refractivity contribution in [2.24, 2.45) is 0 Å². The first kappa shape index (κ1) is 21.0. The summed E-state index contributed by atoms with van der Waals surface area (Å²) in [5.74, 6) is 0.425. The van der Waals surface area contributed by atoms with Gasteiger partial charge >= 0.3 is 0 Å². The molecule has 154 valence electrons. The molecule has 7 nitrogen and oxygen atoms in total. The number of likely N-dealkylation sites (tertiary alicyclic amines) is 1. The number of allylic oxidation sites excluding steroid dienone is 3. The largest absolute Gasteiger partial charge is 0.357 e. The number of hydrogen-bond acceptors (Lipinski definition) is 5. The van der Waals surface area contributed by atoms with Crippen molar-refractivity contribution in [1.82, 2.24) is 21.2 Å². The Hall–Kier alpha value is -2.77. The summed E-state index contributed by atoms with van der Waals surface area (Å²) in [6.45, 7) is 5.79. The van der Waals surface area contributed by atoms with Crippen LogP contribution in [0.4, 0.5) is 5.69 Å². The Morgan fingerprint density at radius 3 is 2.55 bits per heavy atom. The van der Waals surface area contributed by atoms with Crippen molar-refractivity contribution in [3.63, 3.8) is 0 Å². The average Bonchev–Trinajstić information content (AvgIpc) is 3.41. The molecule has 1 amide bonds. The number of amides is 1. The minimum absolute atomic E-state index is 0.152. The number of amidine groups is 1. The molecule has 4 N–H and O–H groups in total. The Labute approximate surface area is 176 Å². The molecule has 0 unspecified atom stereocenters. The zero-order valence-electron chi connectivity index (χ0n) is 16.8. The third-order valence-corrected chi connectivity index (χ3v) is 5.00. The molecular weight excluding hydrogens is 388 g/mol. The first-order valence-electron chi connectivity index (χ1n) is 9.69. The van der Waals surface area contributed by atoms with Crippen molar-refractivity contribution < 1.29 is 4.79 Å². The molecular formula is C21H27ClN6O. The Kier molecular flexibility index (Phi) is 6.95. The number of hydrazine groups is 2. The maximum Gasteiger partial charge on any atom is 0.247 e. The molecule has 0 atom stereocenters. The van der Waals surface area contributed by atoms with Crippen LogP contribution in [0.1, 0.15) is 32.3 Å². The summed E-state index contributed by atoms with van der Waals surface area (Å²) in [4.78, 5) is 14.3. The van der Waals surface area contributed by atoms with E-state index >= 15 is 0 Å². The van der Waals surface area contributed by atoms with Gasteiger partial charge in [-0.2, -0.15) is 0 Å². The molecule has 2 heterocycles. The third kappa shape index (κ3) is 5.40. The van der Waals surface area contributed by atoms with Crippen LogP contribution in [0, 0.1) is 5.41 Å². The number of hydrogen-bond donors (Lipinski definition) is 4. The molecule has 2 aliphatic heterocycles. The quantitative estimate of drug-likeness (QED) is 0.249. The summed E-state index contributed by atoms with van der Waals surface area (Å²) < 4.78 is 0. The first-order chi connectivity index (χ1) is 14.0. The van der Waals surface area contributed by atoms with Crippen LogP contribution >= 0.6 is 11.6 Å². The Morgan fingerprint density at radius 1 is 1.21 bits per heavy atom. The first-order valence-corrected chi connectivity index (χ1v) is 10.1. The standard InChI is InChI=1S/C21H27ClN6O/c1-15(5-6-16(2)22)21(29)24-13-19-14-25-26-28(19)18-9-7-17(8-10-18)20(23)27-11-3-4-12-27/h5-10,14,23,25-26H,3-4,11-13H2,1-2H3,(H,24,29)/b15-5+,16-6+,23-20?. The molecule has 1 aromatic rings. The smallest absolute Gasteiger partial charge is 0.247 e. The Balaban J connectivity index is 1.60. The average molecular weight is 415 g/mol. The van der Waals surface area contributed by atoms with E-state index in [1.54, 1.807) is 26.0 Å². The second kappa shape index (κ2) is 9.62. The van der Waals surface area contributed by atoms with E-state index in [2.05, 4.69) is 21.2 Å². The normalized spacial score (nSPS) is 17.3. The number of anilines is 1. The molecule has 0 aliphatic carbocycles. The van der Waals surface area contributed by atoms with E-state index in [4.69, 9.17) is 17.0 Å². The highest BCUT2D eigenvalue weighted by Gasteiger charge is 2.19. The Morgan fingerprint density at radius 2 is 1.90 bits per heavy atom. The highest BCUT2D eigenvalue weighted by Crippen LogP contribution is 2.21. The van der Waals surface area contributed by atoms with Crippen LogP contribution in [-0.2, 0) is 4.79 Å². The minimum Gasteiger partial charge on any atom is -0.357 e. The van der Waals surface area contributed by atoms with E-state index in [9.17, 15) is 4.79 Å². The van der Waals surface area contributed by atoms with Gasteiger partial charge in [-0.05, 0) is 57.0 Å². The number of carbonyl (C=O) groups excluding carboxylic acids is 1. The summed E-state index contributed by atoms with van der Waals surface area (Å²) in [5.41, 5.74) is 9.30. The van der Waals surface area contributed by atoms with Crippen molar-refractivity contribution in [2.45, 2.75) is 26.7 Å². The molecule has 1 saturated heterocycles. The fourth-order valence-electron chi connectivity index (χ4n) is 3.19. The van der Waals surface area contributed by atoms with E-state index in [-0.39, 0.29) is 5.91 Å². The van der Waals surface area contributed by atoms with Gasteiger partial charge in [0.1, 0.15) is 5.84 Å². The van der Waals surface area contributed by atoms with Gasteiger partial charge < -0.3 is 15.6 Å². The predicted octanol–water partition coefficient (Wildman–Crippen LogP) is 2.98. The van der Waals surface area contributed by atoms with Gasteiger partial charge in [0.2, 0.25) is 5.91 Å². The summed E-state index contributed by atoms with van der Waals surface area (Å²) in [7, 11) is 0. The number of nitrogens with one attached hydrogen (secondary N) is 4. The van der Waals surface area contributed by atoms with Gasteiger partial charge in [-0.25, -0.2) is 0 Å². The minimum atomic E-state index is -0.152. The lowest BCUT2D eigenvalue weighted by Gasteiger charge is -2.23. The van der Waals surface area contributed by atoms with Crippen LogP contribution in [-0.4, -0.2) is 36.3 Å². The van der Waals surface area contributed by atoms with Gasteiger partial charge in [0.15, 0.2) is 0 Å². The van der Waals surface area contributed by atoms with Crippen molar-refractivity contribution in [3.05, 3.63) is 64.5 Å². The van der Waals surface area contributed by atoms with Gasteiger partial charge in [-0.3, -0.25) is 15.2 Å². The van der Waals surface area contributed by atoms with E-state index in [1.807, 2.05) is 35.5 Å². The number of carbonyl (C=O) groups is 1. The molecule has 0 bridgehead atoms. The highest BCUT2D eigenvalue weighted by atomic mass is 35.5. The molecule has 29 heavy (non-hydrogen) atoms. The van der Waals surface area contributed by atoms with E-state index < -0.39 is 0 Å². The van der Waals surface area contributed by atoms with Crippen LogP contribution in [0.15, 0.2) is 58.9 Å². The van der Waals surface area contributed by atoms with E-state index in [0.29, 0.717) is 23.0 Å². The predicted molar refractivity (Wildman–Crippen MR) is 117 cm³/mol. The molecule has 1 aromatic carbocycles. The van der Waals surface area contributed by atoms with Crippen LogP contribution in [0.3, 0.4) is 0 Å². The van der Waals surface area contributed by atoms with Gasteiger partial charge in [-0.15, -0.1) is 5.53 Å². The van der Waals surface area contributed by atoms with Crippen LogP contribution in [0.5, 0.6) is 0 Å². The van der Waals surface area contributed by atoms with Gasteiger partial charge in [0.25, 0.3) is 0 Å². The van der Waals surface area contributed by atoms with Crippen molar-refractivity contribution >= 4 is 29.0 Å². The number of rotatable bonds is 6. The second-order valence-corrected chi connectivity index (χ2v) is 7.70. The lowest BCUT2D eigenvalue weighted by molar-refractivity contribution is -0.117.